The van der Waals surface area contributed by atoms with Gasteiger partial charge in [0, 0.05) is 18.7 Å². The second kappa shape index (κ2) is 7.90. The molecule has 0 atom stereocenters. The maximum atomic E-state index is 12.5. The van der Waals surface area contributed by atoms with Gasteiger partial charge >= 0.3 is 0 Å². The third kappa shape index (κ3) is 4.63. The SMILES string of the molecule is CC(C)(C)c1ccc(C(=O)Nc2ccc(N3CCCCCC3)nc2)cc1. The molecule has 4 nitrogen and oxygen atoms in total. The van der Waals surface area contributed by atoms with Crippen molar-refractivity contribution in [3.63, 3.8) is 0 Å². The highest BCUT2D eigenvalue weighted by Gasteiger charge is 2.15. The Hall–Kier alpha value is -2.36. The molecule has 26 heavy (non-hydrogen) atoms. The molecule has 1 aliphatic rings. The first kappa shape index (κ1) is 18.4. The summed E-state index contributed by atoms with van der Waals surface area (Å²) in [6.45, 7) is 8.64. The van der Waals surface area contributed by atoms with Crippen molar-refractivity contribution in [3.8, 4) is 0 Å². The van der Waals surface area contributed by atoms with Crippen molar-refractivity contribution >= 4 is 17.4 Å². The molecule has 1 N–H and O–H groups in total. The number of benzene rings is 1. The number of pyridine rings is 1. The average Bonchev–Trinajstić information content (AvgIpc) is 2.91. The normalized spacial score (nSPS) is 15.4. The van der Waals surface area contributed by atoms with Crippen LogP contribution in [0.25, 0.3) is 0 Å². The van der Waals surface area contributed by atoms with E-state index in [1.165, 1.54) is 31.2 Å². The molecule has 4 heteroatoms. The maximum Gasteiger partial charge on any atom is 0.255 e. The van der Waals surface area contributed by atoms with Crippen molar-refractivity contribution < 1.29 is 4.79 Å². The van der Waals surface area contributed by atoms with E-state index in [0.29, 0.717) is 5.56 Å². The lowest BCUT2D eigenvalue weighted by atomic mass is 9.87. The number of rotatable bonds is 3. The van der Waals surface area contributed by atoms with Crippen LogP contribution in [0.5, 0.6) is 0 Å². The Morgan fingerprint density at radius 2 is 1.62 bits per heavy atom. The Kier molecular flexibility index (Phi) is 5.60. The largest absolute Gasteiger partial charge is 0.357 e. The van der Waals surface area contributed by atoms with E-state index < -0.39 is 0 Å². The fraction of sp³-hybridized carbons (Fsp3) is 0.455. The summed E-state index contributed by atoms with van der Waals surface area (Å²) in [6.07, 6.45) is 6.81. The first-order chi connectivity index (χ1) is 12.4. The van der Waals surface area contributed by atoms with Gasteiger partial charge < -0.3 is 10.2 Å². The van der Waals surface area contributed by atoms with E-state index in [0.717, 1.165) is 24.6 Å². The van der Waals surface area contributed by atoms with Gasteiger partial charge in [0.15, 0.2) is 0 Å². The van der Waals surface area contributed by atoms with Crippen molar-refractivity contribution in [2.75, 3.05) is 23.3 Å². The zero-order valence-corrected chi connectivity index (χ0v) is 16.1. The lowest BCUT2D eigenvalue weighted by molar-refractivity contribution is 0.102. The number of aromatic nitrogens is 1. The van der Waals surface area contributed by atoms with E-state index in [-0.39, 0.29) is 11.3 Å². The molecule has 0 saturated carbocycles. The second-order valence-electron chi connectivity index (χ2n) is 8.09. The predicted molar refractivity (Wildman–Crippen MR) is 108 cm³/mol. The minimum atomic E-state index is -0.102. The molecule has 2 aromatic rings. The van der Waals surface area contributed by atoms with Crippen LogP contribution in [-0.4, -0.2) is 24.0 Å². The van der Waals surface area contributed by atoms with Crippen LogP contribution >= 0.6 is 0 Å². The van der Waals surface area contributed by atoms with Crippen LogP contribution in [0.1, 0.15) is 62.4 Å². The number of nitrogens with zero attached hydrogens (tertiary/aromatic N) is 2. The van der Waals surface area contributed by atoms with Gasteiger partial charge in [0.2, 0.25) is 0 Å². The van der Waals surface area contributed by atoms with Crippen molar-refractivity contribution in [3.05, 3.63) is 53.7 Å². The maximum absolute atomic E-state index is 12.5. The minimum absolute atomic E-state index is 0.0854. The van der Waals surface area contributed by atoms with Crippen LogP contribution in [0.3, 0.4) is 0 Å². The molecular formula is C22H29N3O. The second-order valence-corrected chi connectivity index (χ2v) is 8.09. The molecule has 0 radical (unpaired) electrons. The number of carbonyl (C=O) groups is 1. The van der Waals surface area contributed by atoms with Crippen LogP contribution in [0, 0.1) is 0 Å². The molecular weight excluding hydrogens is 322 g/mol. The zero-order valence-electron chi connectivity index (χ0n) is 16.1. The summed E-state index contributed by atoms with van der Waals surface area (Å²) in [6, 6.07) is 11.8. The van der Waals surface area contributed by atoms with Crippen molar-refractivity contribution in [2.45, 2.75) is 51.9 Å². The van der Waals surface area contributed by atoms with E-state index in [4.69, 9.17) is 0 Å². The average molecular weight is 351 g/mol. The molecule has 0 unspecified atom stereocenters. The number of amides is 1. The Labute approximate surface area is 156 Å². The summed E-state index contributed by atoms with van der Waals surface area (Å²) in [5.74, 6) is 0.897. The Balaban J connectivity index is 1.64. The number of anilines is 2. The highest BCUT2D eigenvalue weighted by atomic mass is 16.1. The summed E-state index contributed by atoms with van der Waals surface area (Å²) in [5.41, 5.74) is 2.70. The molecule has 1 aliphatic heterocycles. The van der Waals surface area contributed by atoms with Gasteiger partial charge in [0.1, 0.15) is 5.82 Å². The van der Waals surface area contributed by atoms with Crippen molar-refractivity contribution in [1.29, 1.82) is 0 Å². The van der Waals surface area contributed by atoms with Gasteiger partial charge in [-0.1, -0.05) is 45.7 Å². The van der Waals surface area contributed by atoms with E-state index in [9.17, 15) is 4.79 Å². The van der Waals surface area contributed by atoms with Gasteiger partial charge in [-0.2, -0.15) is 0 Å². The van der Waals surface area contributed by atoms with Gasteiger partial charge in [0.05, 0.1) is 11.9 Å². The van der Waals surface area contributed by atoms with Crippen LogP contribution in [0.2, 0.25) is 0 Å². The minimum Gasteiger partial charge on any atom is -0.357 e. The number of nitrogens with one attached hydrogen (secondary N) is 1. The molecule has 0 bridgehead atoms. The third-order valence-electron chi connectivity index (χ3n) is 4.95. The van der Waals surface area contributed by atoms with E-state index >= 15 is 0 Å². The lowest BCUT2D eigenvalue weighted by Gasteiger charge is -2.21. The van der Waals surface area contributed by atoms with Gasteiger partial charge in [-0.05, 0) is 48.1 Å². The molecule has 1 amide bonds. The number of hydrogen-bond donors (Lipinski definition) is 1. The molecule has 1 aromatic heterocycles. The fourth-order valence-corrected chi connectivity index (χ4v) is 3.27. The molecule has 138 valence electrons. The van der Waals surface area contributed by atoms with Gasteiger partial charge in [-0.25, -0.2) is 4.98 Å². The zero-order chi connectivity index (χ0) is 18.6. The quantitative estimate of drug-likeness (QED) is 0.845. The number of hydrogen-bond acceptors (Lipinski definition) is 3. The van der Waals surface area contributed by atoms with Gasteiger partial charge in [-0.3, -0.25) is 4.79 Å². The van der Waals surface area contributed by atoms with Gasteiger partial charge in [0.25, 0.3) is 5.91 Å². The van der Waals surface area contributed by atoms with Crippen molar-refractivity contribution in [2.24, 2.45) is 0 Å². The standard InChI is InChI=1S/C22H29N3O/c1-22(2,3)18-10-8-17(9-11-18)21(26)24-19-12-13-20(23-16-19)25-14-6-4-5-7-15-25/h8-13,16H,4-7,14-15H2,1-3H3,(H,24,26). The lowest BCUT2D eigenvalue weighted by Crippen LogP contribution is -2.24. The highest BCUT2D eigenvalue weighted by Crippen LogP contribution is 2.23. The first-order valence-corrected chi connectivity index (χ1v) is 9.56. The highest BCUT2D eigenvalue weighted by molar-refractivity contribution is 6.04. The van der Waals surface area contributed by atoms with E-state index in [2.05, 4.69) is 36.0 Å². The van der Waals surface area contributed by atoms with Crippen LogP contribution in [0.15, 0.2) is 42.6 Å². The Morgan fingerprint density at radius 3 is 2.15 bits per heavy atom. The fourth-order valence-electron chi connectivity index (χ4n) is 3.27. The molecule has 1 aromatic carbocycles. The molecule has 1 saturated heterocycles. The summed E-state index contributed by atoms with van der Waals surface area (Å²) in [7, 11) is 0. The van der Waals surface area contributed by atoms with Crippen LogP contribution in [-0.2, 0) is 5.41 Å². The molecule has 2 heterocycles. The predicted octanol–water partition coefficient (Wildman–Crippen LogP) is 5.01. The smallest absolute Gasteiger partial charge is 0.255 e. The Morgan fingerprint density at radius 1 is 0.962 bits per heavy atom. The van der Waals surface area contributed by atoms with Crippen molar-refractivity contribution in [1.82, 2.24) is 4.98 Å². The van der Waals surface area contributed by atoms with E-state index in [1.807, 2.05) is 36.4 Å². The molecule has 3 rings (SSSR count). The topological polar surface area (TPSA) is 45.2 Å². The summed E-state index contributed by atoms with van der Waals surface area (Å²) < 4.78 is 0. The Bertz CT molecular complexity index is 721. The first-order valence-electron chi connectivity index (χ1n) is 9.56. The van der Waals surface area contributed by atoms with Crippen LogP contribution < -0.4 is 10.2 Å². The molecule has 0 spiro atoms. The summed E-state index contributed by atoms with van der Waals surface area (Å²) in [5, 5.41) is 2.94. The molecule has 0 aliphatic carbocycles. The van der Waals surface area contributed by atoms with Gasteiger partial charge in [-0.15, -0.1) is 0 Å². The van der Waals surface area contributed by atoms with Crippen LogP contribution in [0.4, 0.5) is 11.5 Å². The number of carbonyl (C=O) groups excluding carboxylic acids is 1. The molecule has 1 fully saturated rings. The monoisotopic (exact) mass is 351 g/mol. The summed E-state index contributed by atoms with van der Waals surface area (Å²) >= 11 is 0. The summed E-state index contributed by atoms with van der Waals surface area (Å²) in [4.78, 5) is 19.3. The third-order valence-corrected chi connectivity index (χ3v) is 4.95. The van der Waals surface area contributed by atoms with E-state index in [1.54, 1.807) is 6.20 Å².